The van der Waals surface area contributed by atoms with Crippen molar-refractivity contribution in [1.29, 1.82) is 0 Å². The second-order valence-corrected chi connectivity index (χ2v) is 7.03. The lowest BCUT2D eigenvalue weighted by Crippen LogP contribution is -2.52. The standard InChI is InChI=1S/C12H14N2O6S/c15-10-3-8(5-13-6-10)12(18)14-1-2-21(19,20)7-9(14)4-11(16)17/h3,5-6,9,15H,1-2,4,7H2,(H,16,17). The summed E-state index contributed by atoms with van der Waals surface area (Å²) in [4.78, 5) is 28.1. The van der Waals surface area contributed by atoms with E-state index in [4.69, 9.17) is 5.11 Å². The highest BCUT2D eigenvalue weighted by Gasteiger charge is 2.35. The minimum atomic E-state index is -3.36. The molecular formula is C12H14N2O6S. The number of rotatable bonds is 3. The van der Waals surface area contributed by atoms with E-state index in [9.17, 15) is 23.1 Å². The van der Waals surface area contributed by atoms with Crippen LogP contribution in [0.25, 0.3) is 0 Å². The van der Waals surface area contributed by atoms with E-state index in [-0.39, 0.29) is 29.4 Å². The molecule has 21 heavy (non-hydrogen) atoms. The van der Waals surface area contributed by atoms with Crippen LogP contribution in [0.15, 0.2) is 18.5 Å². The number of pyridine rings is 1. The molecule has 1 fully saturated rings. The van der Waals surface area contributed by atoms with Gasteiger partial charge in [-0.3, -0.25) is 14.6 Å². The maximum Gasteiger partial charge on any atom is 0.305 e. The molecule has 0 bridgehead atoms. The van der Waals surface area contributed by atoms with Crippen LogP contribution >= 0.6 is 0 Å². The van der Waals surface area contributed by atoms with Crippen molar-refractivity contribution in [3.63, 3.8) is 0 Å². The highest BCUT2D eigenvalue weighted by atomic mass is 32.2. The van der Waals surface area contributed by atoms with Gasteiger partial charge in [0.15, 0.2) is 9.84 Å². The number of hydrogen-bond donors (Lipinski definition) is 2. The quantitative estimate of drug-likeness (QED) is 0.770. The zero-order chi connectivity index (χ0) is 15.6. The summed E-state index contributed by atoms with van der Waals surface area (Å²) in [6, 6.07) is 0.284. The molecule has 1 aromatic rings. The molecule has 1 atom stereocenters. The summed E-state index contributed by atoms with van der Waals surface area (Å²) in [5.41, 5.74) is 0.0877. The monoisotopic (exact) mass is 314 g/mol. The third-order valence-corrected chi connectivity index (χ3v) is 4.87. The smallest absolute Gasteiger partial charge is 0.305 e. The molecule has 0 saturated carbocycles. The SMILES string of the molecule is O=C(O)CC1CS(=O)(=O)CCN1C(=O)c1cncc(O)c1. The highest BCUT2D eigenvalue weighted by molar-refractivity contribution is 7.91. The molecule has 1 aliphatic rings. The Morgan fingerprint density at radius 1 is 1.38 bits per heavy atom. The molecule has 0 radical (unpaired) electrons. The van der Waals surface area contributed by atoms with Crippen LogP contribution in [0.2, 0.25) is 0 Å². The Morgan fingerprint density at radius 3 is 2.71 bits per heavy atom. The molecular weight excluding hydrogens is 300 g/mol. The molecule has 2 heterocycles. The third-order valence-electron chi connectivity index (χ3n) is 3.17. The summed E-state index contributed by atoms with van der Waals surface area (Å²) in [6.07, 6.45) is 1.95. The zero-order valence-corrected chi connectivity index (χ0v) is 11.8. The number of nitrogens with zero attached hydrogens (tertiary/aromatic N) is 2. The maximum atomic E-state index is 12.3. The van der Waals surface area contributed by atoms with E-state index in [1.165, 1.54) is 17.2 Å². The van der Waals surface area contributed by atoms with Crippen molar-refractivity contribution in [2.24, 2.45) is 0 Å². The van der Waals surface area contributed by atoms with E-state index in [2.05, 4.69) is 4.98 Å². The van der Waals surface area contributed by atoms with E-state index in [1.807, 2.05) is 0 Å². The van der Waals surface area contributed by atoms with Gasteiger partial charge in [0.2, 0.25) is 0 Å². The average molecular weight is 314 g/mol. The minimum absolute atomic E-state index is 0.0746. The first-order valence-corrected chi connectivity index (χ1v) is 7.98. The number of aromatic hydroxyl groups is 1. The highest BCUT2D eigenvalue weighted by Crippen LogP contribution is 2.19. The number of sulfone groups is 1. The topological polar surface area (TPSA) is 125 Å². The molecule has 2 N–H and O–H groups in total. The second-order valence-electron chi connectivity index (χ2n) is 4.80. The number of hydrogen-bond acceptors (Lipinski definition) is 6. The van der Waals surface area contributed by atoms with Gasteiger partial charge in [0.25, 0.3) is 5.91 Å². The van der Waals surface area contributed by atoms with Crippen molar-refractivity contribution in [3.8, 4) is 5.75 Å². The van der Waals surface area contributed by atoms with Gasteiger partial charge in [-0.2, -0.15) is 0 Å². The van der Waals surface area contributed by atoms with Crippen LogP contribution in [-0.4, -0.2) is 64.5 Å². The van der Waals surface area contributed by atoms with Crippen molar-refractivity contribution in [1.82, 2.24) is 9.88 Å². The van der Waals surface area contributed by atoms with Gasteiger partial charge in [0.1, 0.15) is 5.75 Å². The molecule has 0 aromatic carbocycles. The van der Waals surface area contributed by atoms with E-state index in [0.717, 1.165) is 6.20 Å². The first-order chi connectivity index (χ1) is 9.78. The summed E-state index contributed by atoms with van der Waals surface area (Å²) >= 11 is 0. The molecule has 9 heteroatoms. The molecule has 2 rings (SSSR count). The van der Waals surface area contributed by atoms with Crippen LogP contribution < -0.4 is 0 Å². The van der Waals surface area contributed by atoms with Crippen LogP contribution in [-0.2, 0) is 14.6 Å². The number of carboxylic acids is 1. The Kier molecular flexibility index (Phi) is 4.12. The molecule has 1 saturated heterocycles. The Hall–Kier alpha value is -2.16. The van der Waals surface area contributed by atoms with Crippen LogP contribution in [0.3, 0.4) is 0 Å². The van der Waals surface area contributed by atoms with Gasteiger partial charge < -0.3 is 15.1 Å². The van der Waals surface area contributed by atoms with E-state index >= 15 is 0 Å². The normalized spacial score (nSPS) is 21.0. The van der Waals surface area contributed by atoms with E-state index < -0.39 is 34.2 Å². The van der Waals surface area contributed by atoms with Gasteiger partial charge in [0.05, 0.1) is 35.7 Å². The van der Waals surface area contributed by atoms with Gasteiger partial charge in [0, 0.05) is 12.7 Å². The summed E-state index contributed by atoms with van der Waals surface area (Å²) in [5.74, 6) is -2.50. The molecule has 0 spiro atoms. The van der Waals surface area contributed by atoms with Crippen molar-refractivity contribution in [2.75, 3.05) is 18.1 Å². The molecule has 114 valence electrons. The summed E-state index contributed by atoms with van der Waals surface area (Å²) < 4.78 is 23.2. The zero-order valence-electron chi connectivity index (χ0n) is 11.0. The number of carboxylic acid groups (broad SMARTS) is 1. The number of carbonyl (C=O) groups is 2. The van der Waals surface area contributed by atoms with Gasteiger partial charge in [-0.05, 0) is 6.07 Å². The van der Waals surface area contributed by atoms with Crippen molar-refractivity contribution >= 4 is 21.7 Å². The second kappa shape index (κ2) is 5.68. The maximum absolute atomic E-state index is 12.3. The summed E-state index contributed by atoms with van der Waals surface area (Å²) in [6.45, 7) is -0.0746. The van der Waals surface area contributed by atoms with Gasteiger partial charge in [-0.15, -0.1) is 0 Å². The number of aromatic nitrogens is 1. The number of carbonyl (C=O) groups excluding carboxylic acids is 1. The van der Waals surface area contributed by atoms with Crippen LogP contribution in [0, 0.1) is 0 Å². The van der Waals surface area contributed by atoms with Crippen molar-refractivity contribution < 1.29 is 28.2 Å². The van der Waals surface area contributed by atoms with Crippen molar-refractivity contribution in [2.45, 2.75) is 12.5 Å². The molecule has 1 amide bonds. The van der Waals surface area contributed by atoms with Gasteiger partial charge in [-0.25, -0.2) is 8.42 Å². The summed E-state index contributed by atoms with van der Waals surface area (Å²) in [5, 5.41) is 18.2. The Labute approximate surface area is 120 Å². The van der Waals surface area contributed by atoms with E-state index in [1.54, 1.807) is 0 Å². The van der Waals surface area contributed by atoms with Crippen LogP contribution in [0.4, 0.5) is 0 Å². The number of aliphatic carboxylic acids is 1. The lowest BCUT2D eigenvalue weighted by Gasteiger charge is -2.34. The molecule has 1 unspecified atom stereocenters. The van der Waals surface area contributed by atoms with Crippen LogP contribution in [0.5, 0.6) is 5.75 Å². The molecule has 0 aliphatic carbocycles. The van der Waals surface area contributed by atoms with Gasteiger partial charge in [-0.1, -0.05) is 0 Å². The molecule has 8 nitrogen and oxygen atoms in total. The fraction of sp³-hybridized carbons (Fsp3) is 0.417. The average Bonchev–Trinajstić information content (AvgIpc) is 2.36. The predicted octanol–water partition coefficient (Wildman–Crippen LogP) is -0.499. The summed E-state index contributed by atoms with van der Waals surface area (Å²) in [7, 11) is -3.36. The van der Waals surface area contributed by atoms with Crippen LogP contribution in [0.1, 0.15) is 16.8 Å². The molecule has 1 aromatic heterocycles. The molecule has 1 aliphatic heterocycles. The Balaban J connectivity index is 2.27. The predicted molar refractivity (Wildman–Crippen MR) is 71.6 cm³/mol. The Bertz CT molecular complexity index is 672. The minimum Gasteiger partial charge on any atom is -0.506 e. The third kappa shape index (κ3) is 3.69. The number of amides is 1. The fourth-order valence-corrected chi connectivity index (χ4v) is 3.76. The largest absolute Gasteiger partial charge is 0.506 e. The Morgan fingerprint density at radius 2 is 2.10 bits per heavy atom. The lowest BCUT2D eigenvalue weighted by atomic mass is 10.1. The first kappa shape index (κ1) is 15.2. The van der Waals surface area contributed by atoms with Gasteiger partial charge >= 0.3 is 5.97 Å². The van der Waals surface area contributed by atoms with E-state index in [0.29, 0.717) is 0 Å². The fourth-order valence-electron chi connectivity index (χ4n) is 2.24. The first-order valence-electron chi connectivity index (χ1n) is 6.16. The van der Waals surface area contributed by atoms with Crippen molar-refractivity contribution in [3.05, 3.63) is 24.0 Å². The lowest BCUT2D eigenvalue weighted by molar-refractivity contribution is -0.138.